The summed E-state index contributed by atoms with van der Waals surface area (Å²) in [4.78, 5) is 19.6. The average Bonchev–Trinajstić information content (AvgIpc) is 2.54. The Kier molecular flexibility index (Phi) is 10.2. The Morgan fingerprint density at radius 2 is 1.69 bits per heavy atom. The maximum atomic E-state index is 12.8. The zero-order valence-corrected chi connectivity index (χ0v) is 18.4. The van der Waals surface area contributed by atoms with Crippen molar-refractivity contribution in [1.29, 1.82) is 0 Å². The Morgan fingerprint density at radius 1 is 1.15 bits per heavy atom. The molecule has 1 saturated heterocycles. The van der Waals surface area contributed by atoms with Crippen molar-refractivity contribution < 1.29 is 18.0 Å². The van der Waals surface area contributed by atoms with Crippen molar-refractivity contribution in [3.8, 4) is 0 Å². The molecule has 2 N–H and O–H groups in total. The van der Waals surface area contributed by atoms with E-state index in [9.17, 15) is 18.0 Å². The predicted octanol–water partition coefficient (Wildman–Crippen LogP) is 1.91. The van der Waals surface area contributed by atoms with Crippen LogP contribution in [0.2, 0.25) is 0 Å². The van der Waals surface area contributed by atoms with Crippen LogP contribution in [0.4, 0.5) is 13.2 Å². The van der Waals surface area contributed by atoms with E-state index in [0.29, 0.717) is 45.2 Å². The Balaban J connectivity index is 0.00000625. The number of rotatable bonds is 5. The van der Waals surface area contributed by atoms with Crippen LogP contribution < -0.4 is 10.6 Å². The minimum absolute atomic E-state index is 0. The summed E-state index contributed by atoms with van der Waals surface area (Å²) >= 11 is 0. The summed E-state index contributed by atoms with van der Waals surface area (Å²) in [5, 5.41) is 5.96. The molecule has 1 fully saturated rings. The zero-order chi connectivity index (χ0) is 19.3. The van der Waals surface area contributed by atoms with Crippen molar-refractivity contribution in [1.82, 2.24) is 20.4 Å². The standard InChI is InChI=1S/C16H30F3N5O.HI/c1-6-21-13(25)15(3,4)11-22-14(20-5)24-9-7-23(8-10-24)12(2)16(17,18)19;/h12H,6-11H2,1-5H3,(H,20,22)(H,21,25);1H. The first kappa shape index (κ1) is 25.2. The highest BCUT2D eigenvalue weighted by molar-refractivity contribution is 14.0. The van der Waals surface area contributed by atoms with Crippen molar-refractivity contribution >= 4 is 35.8 Å². The van der Waals surface area contributed by atoms with Gasteiger partial charge in [0.15, 0.2) is 5.96 Å². The predicted molar refractivity (Wildman–Crippen MR) is 108 cm³/mol. The maximum absolute atomic E-state index is 12.8. The lowest BCUT2D eigenvalue weighted by molar-refractivity contribution is -0.181. The summed E-state index contributed by atoms with van der Waals surface area (Å²) in [6, 6.07) is -1.44. The summed E-state index contributed by atoms with van der Waals surface area (Å²) < 4.78 is 38.5. The van der Waals surface area contributed by atoms with Crippen LogP contribution in [-0.2, 0) is 4.79 Å². The number of alkyl halides is 3. The first-order chi connectivity index (χ1) is 11.5. The third kappa shape index (κ3) is 7.09. The molecule has 0 saturated carbocycles. The van der Waals surface area contributed by atoms with Crippen molar-refractivity contribution in [2.75, 3.05) is 46.3 Å². The van der Waals surface area contributed by atoms with E-state index in [1.54, 1.807) is 7.05 Å². The van der Waals surface area contributed by atoms with Gasteiger partial charge in [-0.15, -0.1) is 24.0 Å². The van der Waals surface area contributed by atoms with Crippen LogP contribution in [0, 0.1) is 5.41 Å². The molecule has 0 aromatic heterocycles. The molecule has 26 heavy (non-hydrogen) atoms. The fraction of sp³-hybridized carbons (Fsp3) is 0.875. The van der Waals surface area contributed by atoms with E-state index < -0.39 is 17.6 Å². The molecule has 1 amide bonds. The Labute approximate surface area is 171 Å². The summed E-state index contributed by atoms with van der Waals surface area (Å²) in [6.07, 6.45) is -4.21. The van der Waals surface area contributed by atoms with E-state index in [-0.39, 0.29) is 29.9 Å². The second-order valence-electron chi connectivity index (χ2n) is 6.88. The number of nitrogens with one attached hydrogen (secondary N) is 2. The fourth-order valence-electron chi connectivity index (χ4n) is 2.64. The van der Waals surface area contributed by atoms with Gasteiger partial charge in [-0.25, -0.2) is 0 Å². The monoisotopic (exact) mass is 493 g/mol. The van der Waals surface area contributed by atoms with Gasteiger partial charge in [-0.05, 0) is 27.7 Å². The third-order valence-electron chi connectivity index (χ3n) is 4.49. The van der Waals surface area contributed by atoms with E-state index in [2.05, 4.69) is 15.6 Å². The molecule has 6 nitrogen and oxygen atoms in total. The number of piperazine rings is 1. The Bertz CT molecular complexity index is 477. The third-order valence-corrected chi connectivity index (χ3v) is 4.49. The van der Waals surface area contributed by atoms with Gasteiger partial charge in [0.1, 0.15) is 6.04 Å². The number of aliphatic imine (C=N–C) groups is 1. The number of guanidine groups is 1. The quantitative estimate of drug-likeness (QED) is 0.349. The van der Waals surface area contributed by atoms with E-state index in [1.807, 2.05) is 25.7 Å². The van der Waals surface area contributed by atoms with Gasteiger partial charge in [-0.2, -0.15) is 13.2 Å². The highest BCUT2D eigenvalue weighted by atomic mass is 127. The molecule has 0 radical (unpaired) electrons. The second kappa shape index (κ2) is 10.5. The van der Waals surface area contributed by atoms with Gasteiger partial charge in [0, 0.05) is 46.3 Å². The molecule has 0 bridgehead atoms. The van der Waals surface area contributed by atoms with E-state index in [4.69, 9.17) is 0 Å². The molecule has 1 unspecified atom stereocenters. The number of amides is 1. The number of hydrogen-bond donors (Lipinski definition) is 2. The molecule has 0 aliphatic carbocycles. The van der Waals surface area contributed by atoms with Gasteiger partial charge in [-0.3, -0.25) is 14.7 Å². The number of halogens is 4. The average molecular weight is 493 g/mol. The van der Waals surface area contributed by atoms with Crippen molar-refractivity contribution in [2.24, 2.45) is 10.4 Å². The highest BCUT2D eigenvalue weighted by Gasteiger charge is 2.41. The van der Waals surface area contributed by atoms with Gasteiger partial charge in [0.05, 0.1) is 5.41 Å². The first-order valence-corrected chi connectivity index (χ1v) is 8.57. The van der Waals surface area contributed by atoms with Crippen LogP contribution in [0.5, 0.6) is 0 Å². The second-order valence-corrected chi connectivity index (χ2v) is 6.88. The molecule has 0 spiro atoms. The van der Waals surface area contributed by atoms with Crippen molar-refractivity contribution in [3.63, 3.8) is 0 Å². The fourth-order valence-corrected chi connectivity index (χ4v) is 2.64. The Morgan fingerprint density at radius 3 is 2.12 bits per heavy atom. The highest BCUT2D eigenvalue weighted by Crippen LogP contribution is 2.25. The van der Waals surface area contributed by atoms with Gasteiger partial charge < -0.3 is 15.5 Å². The van der Waals surface area contributed by atoms with Gasteiger partial charge in [-0.1, -0.05) is 0 Å². The minimum Gasteiger partial charge on any atom is -0.356 e. The summed E-state index contributed by atoms with van der Waals surface area (Å²) in [6.45, 7) is 9.24. The number of carbonyl (C=O) groups is 1. The molecule has 1 aliphatic rings. The largest absolute Gasteiger partial charge is 0.403 e. The van der Waals surface area contributed by atoms with Crippen LogP contribution in [-0.4, -0.2) is 80.2 Å². The van der Waals surface area contributed by atoms with E-state index in [1.165, 1.54) is 11.8 Å². The normalized spacial score (nSPS) is 18.2. The molecule has 0 aromatic rings. The number of hydrogen-bond acceptors (Lipinski definition) is 3. The first-order valence-electron chi connectivity index (χ1n) is 8.57. The van der Waals surface area contributed by atoms with E-state index >= 15 is 0 Å². The molecule has 1 aliphatic heterocycles. The SMILES string of the molecule is CCNC(=O)C(C)(C)CNC(=NC)N1CCN(C(C)C(F)(F)F)CC1.I. The van der Waals surface area contributed by atoms with Crippen molar-refractivity contribution in [3.05, 3.63) is 0 Å². The number of nitrogens with zero attached hydrogens (tertiary/aromatic N) is 3. The maximum Gasteiger partial charge on any atom is 0.403 e. The lowest BCUT2D eigenvalue weighted by Gasteiger charge is -2.40. The smallest absolute Gasteiger partial charge is 0.356 e. The number of carbonyl (C=O) groups excluding carboxylic acids is 1. The minimum atomic E-state index is -4.21. The molecule has 1 rings (SSSR count). The molecule has 154 valence electrons. The molecule has 0 aromatic carbocycles. The summed E-state index contributed by atoms with van der Waals surface area (Å²) in [7, 11) is 1.63. The molecule has 1 atom stereocenters. The van der Waals surface area contributed by atoms with Crippen LogP contribution >= 0.6 is 24.0 Å². The molecular formula is C16H31F3IN5O. The van der Waals surface area contributed by atoms with E-state index in [0.717, 1.165) is 0 Å². The van der Waals surface area contributed by atoms with Gasteiger partial charge in [0.2, 0.25) is 5.91 Å². The van der Waals surface area contributed by atoms with Crippen LogP contribution in [0.15, 0.2) is 4.99 Å². The molecular weight excluding hydrogens is 462 g/mol. The van der Waals surface area contributed by atoms with Crippen LogP contribution in [0.25, 0.3) is 0 Å². The van der Waals surface area contributed by atoms with Crippen LogP contribution in [0.1, 0.15) is 27.7 Å². The van der Waals surface area contributed by atoms with Crippen molar-refractivity contribution in [2.45, 2.75) is 39.9 Å². The van der Waals surface area contributed by atoms with Gasteiger partial charge >= 0.3 is 6.18 Å². The topological polar surface area (TPSA) is 60.0 Å². The van der Waals surface area contributed by atoms with Crippen LogP contribution in [0.3, 0.4) is 0 Å². The lowest BCUT2D eigenvalue weighted by atomic mass is 9.92. The Hall–Kier alpha value is -0.780. The molecule has 1 heterocycles. The summed E-state index contributed by atoms with van der Waals surface area (Å²) in [5.41, 5.74) is -0.613. The lowest BCUT2D eigenvalue weighted by Crippen LogP contribution is -2.57. The summed E-state index contributed by atoms with van der Waals surface area (Å²) in [5.74, 6) is 0.554. The molecule has 10 heteroatoms. The van der Waals surface area contributed by atoms with Gasteiger partial charge in [0.25, 0.3) is 0 Å². The zero-order valence-electron chi connectivity index (χ0n) is 16.1.